The lowest BCUT2D eigenvalue weighted by Crippen LogP contribution is -2.21. The van der Waals surface area contributed by atoms with E-state index in [9.17, 15) is 0 Å². The van der Waals surface area contributed by atoms with Crippen molar-refractivity contribution in [3.63, 3.8) is 0 Å². The Bertz CT molecular complexity index is 306. The molecule has 0 aromatic heterocycles. The molecule has 0 amide bonds. The van der Waals surface area contributed by atoms with E-state index in [2.05, 4.69) is 18.4 Å². The highest BCUT2D eigenvalue weighted by atomic mass is 17.1. The first kappa shape index (κ1) is 12.0. The molecule has 0 heterocycles. The lowest BCUT2D eigenvalue weighted by Gasteiger charge is -2.24. The number of rotatable bonds is 5. The zero-order chi connectivity index (χ0) is 11.3. The van der Waals surface area contributed by atoms with E-state index in [0.717, 1.165) is 12.0 Å². The molecular formula is C13H18O2. The Labute approximate surface area is 91.1 Å². The van der Waals surface area contributed by atoms with E-state index in [1.807, 2.05) is 37.3 Å². The SMILES string of the molecule is C=C(C)[C@H](OO)[C@H](CC)c1ccccc1. The van der Waals surface area contributed by atoms with Crippen molar-refractivity contribution < 1.29 is 10.1 Å². The highest BCUT2D eigenvalue weighted by Crippen LogP contribution is 2.28. The minimum Gasteiger partial charge on any atom is -0.251 e. The van der Waals surface area contributed by atoms with E-state index < -0.39 is 0 Å². The van der Waals surface area contributed by atoms with Crippen molar-refractivity contribution >= 4 is 0 Å². The molecule has 1 aromatic rings. The molecule has 1 N–H and O–H groups in total. The van der Waals surface area contributed by atoms with E-state index in [-0.39, 0.29) is 12.0 Å². The summed E-state index contributed by atoms with van der Waals surface area (Å²) in [6.07, 6.45) is 0.583. The van der Waals surface area contributed by atoms with Crippen LogP contribution in [0.1, 0.15) is 31.7 Å². The Morgan fingerprint density at radius 2 is 2.00 bits per heavy atom. The van der Waals surface area contributed by atoms with Crippen LogP contribution in [0, 0.1) is 0 Å². The van der Waals surface area contributed by atoms with Crippen molar-refractivity contribution in [1.82, 2.24) is 0 Å². The molecule has 0 aliphatic carbocycles. The van der Waals surface area contributed by atoms with Gasteiger partial charge >= 0.3 is 0 Å². The standard InChI is InChI=1S/C13H18O2/c1-4-12(13(15-14)10(2)3)11-8-6-5-7-9-11/h5-9,12-14H,2,4H2,1,3H3/t12-,13+/m1/s1. The van der Waals surface area contributed by atoms with Crippen molar-refractivity contribution in [2.75, 3.05) is 0 Å². The second-order valence-electron chi connectivity index (χ2n) is 3.80. The molecule has 2 atom stereocenters. The maximum absolute atomic E-state index is 8.90. The molecule has 0 saturated heterocycles. The largest absolute Gasteiger partial charge is 0.251 e. The van der Waals surface area contributed by atoms with Gasteiger partial charge in [0.1, 0.15) is 6.10 Å². The van der Waals surface area contributed by atoms with Crippen LogP contribution in [0.25, 0.3) is 0 Å². The van der Waals surface area contributed by atoms with Gasteiger partial charge in [0, 0.05) is 5.92 Å². The molecule has 2 nitrogen and oxygen atoms in total. The zero-order valence-electron chi connectivity index (χ0n) is 9.31. The number of hydrogen-bond acceptors (Lipinski definition) is 2. The normalized spacial score (nSPS) is 14.6. The number of hydrogen-bond donors (Lipinski definition) is 1. The van der Waals surface area contributed by atoms with Gasteiger partial charge in [-0.1, -0.05) is 43.8 Å². The fourth-order valence-electron chi connectivity index (χ4n) is 1.83. The van der Waals surface area contributed by atoms with Gasteiger partial charge in [-0.3, -0.25) is 5.26 Å². The molecule has 0 aliphatic rings. The summed E-state index contributed by atoms with van der Waals surface area (Å²) in [6, 6.07) is 10.0. The fraction of sp³-hybridized carbons (Fsp3) is 0.385. The molecule has 0 radical (unpaired) electrons. The average molecular weight is 206 g/mol. The van der Waals surface area contributed by atoms with Gasteiger partial charge in [-0.15, -0.1) is 0 Å². The van der Waals surface area contributed by atoms with Crippen LogP contribution in [0.5, 0.6) is 0 Å². The van der Waals surface area contributed by atoms with Gasteiger partial charge in [0.25, 0.3) is 0 Å². The van der Waals surface area contributed by atoms with Crippen LogP contribution in [0.3, 0.4) is 0 Å². The first-order valence-corrected chi connectivity index (χ1v) is 5.21. The highest BCUT2D eigenvalue weighted by molar-refractivity contribution is 5.23. The predicted octanol–water partition coefficient (Wildman–Crippen LogP) is 3.61. The molecule has 0 bridgehead atoms. The topological polar surface area (TPSA) is 29.5 Å². The van der Waals surface area contributed by atoms with Gasteiger partial charge in [-0.05, 0) is 24.5 Å². The molecule has 0 fully saturated rings. The second kappa shape index (κ2) is 5.69. The van der Waals surface area contributed by atoms with Crippen molar-refractivity contribution in [2.24, 2.45) is 0 Å². The van der Waals surface area contributed by atoms with E-state index in [0.29, 0.717) is 0 Å². The van der Waals surface area contributed by atoms with E-state index in [1.54, 1.807) is 0 Å². The van der Waals surface area contributed by atoms with Gasteiger partial charge in [0.05, 0.1) is 0 Å². The third-order valence-corrected chi connectivity index (χ3v) is 2.63. The molecule has 0 aliphatic heterocycles. The third kappa shape index (κ3) is 2.91. The van der Waals surface area contributed by atoms with Crippen LogP contribution in [0.4, 0.5) is 0 Å². The Balaban J connectivity index is 2.92. The van der Waals surface area contributed by atoms with Crippen LogP contribution < -0.4 is 0 Å². The van der Waals surface area contributed by atoms with Gasteiger partial charge in [-0.2, -0.15) is 0 Å². The lowest BCUT2D eigenvalue weighted by atomic mass is 9.88. The van der Waals surface area contributed by atoms with Gasteiger partial charge in [0.2, 0.25) is 0 Å². The molecule has 15 heavy (non-hydrogen) atoms. The van der Waals surface area contributed by atoms with Crippen LogP contribution in [-0.4, -0.2) is 11.4 Å². The molecule has 82 valence electrons. The van der Waals surface area contributed by atoms with E-state index >= 15 is 0 Å². The highest BCUT2D eigenvalue weighted by Gasteiger charge is 2.23. The van der Waals surface area contributed by atoms with Crippen LogP contribution >= 0.6 is 0 Å². The first-order chi connectivity index (χ1) is 7.20. The quantitative estimate of drug-likeness (QED) is 0.453. The van der Waals surface area contributed by atoms with Crippen LogP contribution in [-0.2, 0) is 4.89 Å². The summed E-state index contributed by atoms with van der Waals surface area (Å²) < 4.78 is 0. The summed E-state index contributed by atoms with van der Waals surface area (Å²) in [7, 11) is 0. The molecule has 0 saturated carbocycles. The van der Waals surface area contributed by atoms with Crippen molar-refractivity contribution in [2.45, 2.75) is 32.3 Å². The van der Waals surface area contributed by atoms with Gasteiger partial charge in [0.15, 0.2) is 0 Å². The third-order valence-electron chi connectivity index (χ3n) is 2.63. The molecule has 1 aromatic carbocycles. The zero-order valence-corrected chi connectivity index (χ0v) is 9.31. The Morgan fingerprint density at radius 1 is 1.40 bits per heavy atom. The van der Waals surface area contributed by atoms with Gasteiger partial charge in [-0.25, -0.2) is 4.89 Å². The summed E-state index contributed by atoms with van der Waals surface area (Å²) in [5.74, 6) is 0.161. The summed E-state index contributed by atoms with van der Waals surface area (Å²) in [5, 5.41) is 8.90. The Kier molecular flexibility index (Phi) is 4.53. The average Bonchev–Trinajstić information content (AvgIpc) is 2.26. The monoisotopic (exact) mass is 206 g/mol. The number of benzene rings is 1. The van der Waals surface area contributed by atoms with Crippen molar-refractivity contribution in [1.29, 1.82) is 0 Å². The van der Waals surface area contributed by atoms with E-state index in [4.69, 9.17) is 5.26 Å². The fourth-order valence-corrected chi connectivity index (χ4v) is 1.83. The molecular weight excluding hydrogens is 188 g/mol. The van der Waals surface area contributed by atoms with E-state index in [1.165, 1.54) is 5.56 Å². The lowest BCUT2D eigenvalue weighted by molar-refractivity contribution is -0.273. The Morgan fingerprint density at radius 3 is 2.40 bits per heavy atom. The smallest absolute Gasteiger partial charge is 0.120 e. The summed E-state index contributed by atoms with van der Waals surface area (Å²) >= 11 is 0. The second-order valence-corrected chi connectivity index (χ2v) is 3.80. The van der Waals surface area contributed by atoms with Crippen molar-refractivity contribution in [3.8, 4) is 0 Å². The minimum atomic E-state index is -0.322. The van der Waals surface area contributed by atoms with Crippen LogP contribution in [0.2, 0.25) is 0 Å². The van der Waals surface area contributed by atoms with Crippen molar-refractivity contribution in [3.05, 3.63) is 48.0 Å². The molecule has 0 unspecified atom stereocenters. The van der Waals surface area contributed by atoms with Gasteiger partial charge < -0.3 is 0 Å². The molecule has 2 heteroatoms. The Hall–Kier alpha value is -1.12. The first-order valence-electron chi connectivity index (χ1n) is 5.21. The minimum absolute atomic E-state index is 0.161. The van der Waals surface area contributed by atoms with Crippen LogP contribution in [0.15, 0.2) is 42.5 Å². The molecule has 1 rings (SSSR count). The maximum Gasteiger partial charge on any atom is 0.120 e. The predicted molar refractivity (Wildman–Crippen MR) is 61.8 cm³/mol. The maximum atomic E-state index is 8.90. The molecule has 0 spiro atoms. The summed E-state index contributed by atoms with van der Waals surface area (Å²) in [6.45, 7) is 7.78. The summed E-state index contributed by atoms with van der Waals surface area (Å²) in [5.41, 5.74) is 2.01. The summed E-state index contributed by atoms with van der Waals surface area (Å²) in [4.78, 5) is 4.52.